The Morgan fingerprint density at radius 2 is 1.79 bits per heavy atom. The summed E-state index contributed by atoms with van der Waals surface area (Å²) in [5.41, 5.74) is 5.75. The van der Waals surface area contributed by atoms with Crippen LogP contribution in [0.15, 0.2) is 54.6 Å². The highest BCUT2D eigenvalue weighted by Crippen LogP contribution is 2.29. The molecule has 2 aromatic rings. The van der Waals surface area contributed by atoms with Crippen molar-refractivity contribution in [2.45, 2.75) is 31.8 Å². The van der Waals surface area contributed by atoms with Gasteiger partial charge in [0.05, 0.1) is 19.1 Å². The molecule has 2 atom stereocenters. The number of amides is 4. The average Bonchev–Trinajstić information content (AvgIpc) is 3.03. The Hall–Kier alpha value is -4.21. The number of nitrogens with zero attached hydrogens (tertiary/aromatic N) is 1. The molecule has 178 valence electrons. The number of carbonyl (C=O) groups is 4. The Bertz CT molecular complexity index is 1100. The summed E-state index contributed by atoms with van der Waals surface area (Å²) in [7, 11) is 0. The van der Waals surface area contributed by atoms with E-state index in [2.05, 4.69) is 10.6 Å². The second-order valence-electron chi connectivity index (χ2n) is 7.98. The van der Waals surface area contributed by atoms with E-state index in [4.69, 9.17) is 15.9 Å². The molecule has 2 aromatic carbocycles. The van der Waals surface area contributed by atoms with Crippen LogP contribution in [0.5, 0.6) is 0 Å². The van der Waals surface area contributed by atoms with Crippen molar-refractivity contribution in [2.75, 3.05) is 13.2 Å². The third-order valence-corrected chi connectivity index (χ3v) is 5.56. The van der Waals surface area contributed by atoms with Gasteiger partial charge in [-0.1, -0.05) is 54.6 Å². The van der Waals surface area contributed by atoms with E-state index in [0.29, 0.717) is 16.7 Å². The Morgan fingerprint density at radius 1 is 1.15 bits per heavy atom. The lowest BCUT2D eigenvalue weighted by atomic mass is 9.91. The molecule has 4 amide bonds. The van der Waals surface area contributed by atoms with Gasteiger partial charge in [-0.25, -0.2) is 4.79 Å². The van der Waals surface area contributed by atoms with Crippen molar-refractivity contribution in [1.82, 2.24) is 15.5 Å². The predicted molar refractivity (Wildman–Crippen MR) is 124 cm³/mol. The number of nitrogens with one attached hydrogen (secondary N) is 3. The summed E-state index contributed by atoms with van der Waals surface area (Å²) in [5, 5.41) is 12.8. The van der Waals surface area contributed by atoms with Gasteiger partial charge in [-0.05, 0) is 25.0 Å². The highest BCUT2D eigenvalue weighted by Gasteiger charge is 2.49. The van der Waals surface area contributed by atoms with Crippen LogP contribution in [0, 0.1) is 5.41 Å². The summed E-state index contributed by atoms with van der Waals surface area (Å²) in [4.78, 5) is 51.4. The molecular weight excluding hydrogens is 438 g/mol. The van der Waals surface area contributed by atoms with Crippen LogP contribution in [-0.2, 0) is 24.7 Å². The topological polar surface area (TPSA) is 155 Å². The second kappa shape index (κ2) is 10.2. The number of urea groups is 1. The van der Waals surface area contributed by atoms with E-state index < -0.39 is 41.9 Å². The molecule has 10 nitrogen and oxygen atoms in total. The molecule has 0 unspecified atom stereocenters. The fourth-order valence-corrected chi connectivity index (χ4v) is 3.73. The van der Waals surface area contributed by atoms with Crippen LogP contribution < -0.4 is 16.4 Å². The molecule has 1 heterocycles. The maximum absolute atomic E-state index is 13.1. The van der Waals surface area contributed by atoms with Crippen molar-refractivity contribution in [1.29, 1.82) is 5.41 Å². The van der Waals surface area contributed by atoms with Gasteiger partial charge in [0.25, 0.3) is 5.91 Å². The summed E-state index contributed by atoms with van der Waals surface area (Å²) < 4.78 is 5.00. The molecule has 0 saturated carbocycles. The first-order chi connectivity index (χ1) is 16.2. The standard InChI is InChI=1S/C24H27N5O5/c1-3-34-20(31)13-18(15-7-5-4-6-8-15)27-19(30)14-29-22(32)24(2,28-23(29)33)17-11-9-16(10-12-17)21(25)26/h4-12,18H,3,13-14H2,1-2H3,(H3,25,26)(H,27,30)(H,28,33)/t18-,24+/m1/s1. The molecule has 0 bridgehead atoms. The lowest BCUT2D eigenvalue weighted by Crippen LogP contribution is -2.44. The van der Waals surface area contributed by atoms with Gasteiger partial charge in [0.1, 0.15) is 17.9 Å². The van der Waals surface area contributed by atoms with Gasteiger partial charge in [0.15, 0.2) is 0 Å². The Balaban J connectivity index is 1.74. The zero-order chi connectivity index (χ0) is 24.9. The number of amidine groups is 1. The lowest BCUT2D eigenvalue weighted by molar-refractivity contribution is -0.144. The Labute approximate surface area is 197 Å². The molecule has 34 heavy (non-hydrogen) atoms. The van der Waals surface area contributed by atoms with Crippen LogP contribution in [0.25, 0.3) is 0 Å². The highest BCUT2D eigenvalue weighted by molar-refractivity contribution is 6.09. The monoisotopic (exact) mass is 465 g/mol. The molecule has 0 aromatic heterocycles. The fourth-order valence-electron chi connectivity index (χ4n) is 3.73. The maximum Gasteiger partial charge on any atom is 0.325 e. The highest BCUT2D eigenvalue weighted by atomic mass is 16.5. The number of benzene rings is 2. The van der Waals surface area contributed by atoms with Crippen molar-refractivity contribution in [2.24, 2.45) is 5.73 Å². The number of carbonyl (C=O) groups excluding carboxylic acids is 4. The van der Waals surface area contributed by atoms with Gasteiger partial charge < -0.3 is 21.1 Å². The van der Waals surface area contributed by atoms with Gasteiger partial charge in [-0.2, -0.15) is 0 Å². The SMILES string of the molecule is CCOC(=O)C[C@@H](NC(=O)CN1C(=O)N[C@@](C)(c2ccc(C(=N)N)cc2)C1=O)c1ccccc1. The van der Waals surface area contributed by atoms with E-state index in [-0.39, 0.29) is 18.9 Å². The van der Waals surface area contributed by atoms with E-state index >= 15 is 0 Å². The van der Waals surface area contributed by atoms with Crippen molar-refractivity contribution in [3.8, 4) is 0 Å². The summed E-state index contributed by atoms with van der Waals surface area (Å²) in [5.74, 6) is -1.79. The number of nitrogen functional groups attached to an aromatic ring is 1. The molecule has 5 N–H and O–H groups in total. The molecule has 1 aliphatic rings. The first-order valence-corrected chi connectivity index (χ1v) is 10.7. The molecule has 3 rings (SSSR count). The number of esters is 1. The van der Waals surface area contributed by atoms with E-state index in [1.165, 1.54) is 0 Å². The van der Waals surface area contributed by atoms with Crippen LogP contribution in [0.3, 0.4) is 0 Å². The predicted octanol–water partition coefficient (Wildman–Crippen LogP) is 1.55. The van der Waals surface area contributed by atoms with E-state index in [1.54, 1.807) is 62.4 Å². The first-order valence-electron chi connectivity index (χ1n) is 10.7. The Kier molecular flexibility index (Phi) is 7.30. The van der Waals surface area contributed by atoms with E-state index in [0.717, 1.165) is 4.90 Å². The van der Waals surface area contributed by atoms with Crippen molar-refractivity contribution >= 4 is 29.7 Å². The van der Waals surface area contributed by atoms with Crippen LogP contribution in [0.2, 0.25) is 0 Å². The second-order valence-corrected chi connectivity index (χ2v) is 7.98. The molecule has 1 aliphatic heterocycles. The number of hydrogen-bond acceptors (Lipinski definition) is 6. The summed E-state index contributed by atoms with van der Waals surface area (Å²) in [6.45, 7) is 2.93. The minimum absolute atomic E-state index is 0.0933. The van der Waals surface area contributed by atoms with Gasteiger partial charge in [-0.15, -0.1) is 0 Å². The summed E-state index contributed by atoms with van der Waals surface area (Å²) in [6, 6.07) is 13.9. The van der Waals surface area contributed by atoms with Gasteiger partial charge >= 0.3 is 12.0 Å². The third-order valence-electron chi connectivity index (χ3n) is 5.56. The summed E-state index contributed by atoms with van der Waals surface area (Å²) in [6.07, 6.45) is -0.0933. The number of ether oxygens (including phenoxy) is 1. The average molecular weight is 466 g/mol. The molecule has 1 fully saturated rings. The third kappa shape index (κ3) is 5.22. The minimum Gasteiger partial charge on any atom is -0.466 e. The number of hydrogen-bond donors (Lipinski definition) is 4. The van der Waals surface area contributed by atoms with E-state index in [1.807, 2.05) is 6.07 Å². The van der Waals surface area contributed by atoms with Gasteiger partial charge in [0.2, 0.25) is 5.91 Å². The summed E-state index contributed by atoms with van der Waals surface area (Å²) >= 11 is 0. The zero-order valence-electron chi connectivity index (χ0n) is 19.0. The Morgan fingerprint density at radius 3 is 2.38 bits per heavy atom. The zero-order valence-corrected chi connectivity index (χ0v) is 19.0. The molecule has 0 spiro atoms. The quantitative estimate of drug-likeness (QED) is 0.191. The van der Waals surface area contributed by atoms with Crippen LogP contribution in [0.4, 0.5) is 4.79 Å². The first kappa shape index (κ1) is 24.4. The van der Waals surface area contributed by atoms with Crippen molar-refractivity contribution in [3.63, 3.8) is 0 Å². The van der Waals surface area contributed by atoms with Gasteiger partial charge in [0, 0.05) is 5.56 Å². The smallest absolute Gasteiger partial charge is 0.325 e. The minimum atomic E-state index is -1.38. The van der Waals surface area contributed by atoms with Crippen LogP contribution in [-0.4, -0.2) is 47.7 Å². The van der Waals surface area contributed by atoms with E-state index in [9.17, 15) is 19.2 Å². The lowest BCUT2D eigenvalue weighted by Gasteiger charge is -2.23. The molecular formula is C24H27N5O5. The molecule has 0 aliphatic carbocycles. The van der Waals surface area contributed by atoms with Gasteiger partial charge in [-0.3, -0.25) is 24.7 Å². The van der Waals surface area contributed by atoms with Crippen LogP contribution in [0.1, 0.15) is 43.0 Å². The normalized spacial score (nSPS) is 18.2. The largest absolute Gasteiger partial charge is 0.466 e. The number of imide groups is 1. The number of nitrogens with two attached hydrogens (primary N) is 1. The maximum atomic E-state index is 13.1. The van der Waals surface area contributed by atoms with Crippen LogP contribution >= 0.6 is 0 Å². The molecule has 1 saturated heterocycles. The van der Waals surface area contributed by atoms with Crippen molar-refractivity contribution in [3.05, 3.63) is 71.3 Å². The number of rotatable bonds is 9. The fraction of sp³-hybridized carbons (Fsp3) is 0.292. The molecule has 0 radical (unpaired) electrons. The molecule has 10 heteroatoms. The van der Waals surface area contributed by atoms with Crippen molar-refractivity contribution < 1.29 is 23.9 Å².